The van der Waals surface area contributed by atoms with E-state index in [0.29, 0.717) is 0 Å². The lowest BCUT2D eigenvalue weighted by Gasteiger charge is -2.04. The Morgan fingerprint density at radius 2 is 2.25 bits per heavy atom. The van der Waals surface area contributed by atoms with Gasteiger partial charge < -0.3 is 9.26 Å². The summed E-state index contributed by atoms with van der Waals surface area (Å²) in [4.78, 5) is 11.2. The van der Waals surface area contributed by atoms with E-state index in [9.17, 15) is 18.0 Å². The molecule has 7 heteroatoms. The minimum atomic E-state index is -4.29. The molecule has 0 N–H and O–H groups in total. The molecule has 0 atom stereocenters. The van der Waals surface area contributed by atoms with Gasteiger partial charge >= 0.3 is 12.1 Å². The minimum absolute atomic E-state index is 0.0317. The molecule has 4 nitrogen and oxygen atoms in total. The van der Waals surface area contributed by atoms with Gasteiger partial charge in [0.25, 0.3) is 0 Å². The van der Waals surface area contributed by atoms with E-state index >= 15 is 0 Å². The Labute approximate surface area is 89.4 Å². The molecule has 0 aliphatic carbocycles. The van der Waals surface area contributed by atoms with Gasteiger partial charge in [-0.15, -0.1) is 0 Å². The lowest BCUT2D eigenvalue weighted by molar-refractivity contribution is -0.134. The van der Waals surface area contributed by atoms with Gasteiger partial charge in [-0.05, 0) is 6.92 Å². The van der Waals surface area contributed by atoms with Gasteiger partial charge in [0, 0.05) is 12.8 Å². The molecule has 0 saturated heterocycles. The molecule has 0 aliphatic heterocycles. The van der Waals surface area contributed by atoms with Crippen LogP contribution in [0.4, 0.5) is 13.2 Å². The zero-order chi connectivity index (χ0) is 12.2. The first-order valence-corrected chi connectivity index (χ1v) is 4.61. The van der Waals surface area contributed by atoms with E-state index in [1.807, 2.05) is 0 Å². The number of carbonyl (C=O) groups excluding carboxylic acids is 1. The Morgan fingerprint density at radius 1 is 1.56 bits per heavy atom. The summed E-state index contributed by atoms with van der Waals surface area (Å²) >= 11 is 0. The Morgan fingerprint density at radius 3 is 2.81 bits per heavy atom. The van der Waals surface area contributed by atoms with Gasteiger partial charge in [0.15, 0.2) is 0 Å². The Bertz CT molecular complexity index is 359. The largest absolute Gasteiger partial charge is 0.462 e. The van der Waals surface area contributed by atoms with Crippen molar-refractivity contribution >= 4 is 5.97 Å². The molecule has 0 saturated carbocycles. The van der Waals surface area contributed by atoms with Gasteiger partial charge in [-0.3, -0.25) is 0 Å². The minimum Gasteiger partial charge on any atom is -0.462 e. The Kier molecular flexibility index (Phi) is 3.92. The molecule has 1 aromatic rings. The summed E-state index contributed by atoms with van der Waals surface area (Å²) in [6, 6.07) is 0. The molecule has 16 heavy (non-hydrogen) atoms. The average molecular weight is 237 g/mol. The van der Waals surface area contributed by atoms with Crippen molar-refractivity contribution in [3.8, 4) is 0 Å². The molecule has 1 rings (SSSR count). The zero-order valence-electron chi connectivity index (χ0n) is 8.50. The number of aromatic nitrogens is 1. The van der Waals surface area contributed by atoms with Crippen molar-refractivity contribution < 1.29 is 27.2 Å². The third-order valence-corrected chi connectivity index (χ3v) is 1.78. The summed E-state index contributed by atoms with van der Waals surface area (Å²) in [5.74, 6) is -0.721. The first kappa shape index (κ1) is 12.5. The van der Waals surface area contributed by atoms with E-state index < -0.39 is 25.0 Å². The topological polar surface area (TPSA) is 52.3 Å². The highest BCUT2D eigenvalue weighted by Gasteiger charge is 2.28. The summed E-state index contributed by atoms with van der Waals surface area (Å²) in [5.41, 5.74) is -0.0816. The number of hydrogen-bond donors (Lipinski definition) is 0. The summed E-state index contributed by atoms with van der Waals surface area (Å²) in [6.45, 7) is 1.74. The van der Waals surface area contributed by atoms with Crippen LogP contribution in [0.5, 0.6) is 0 Å². The molecule has 0 aliphatic rings. The summed E-state index contributed by atoms with van der Waals surface area (Å²) in [5, 5.41) is 3.35. The Balaban J connectivity index is 2.67. The van der Waals surface area contributed by atoms with Crippen molar-refractivity contribution in [2.45, 2.75) is 25.9 Å². The summed E-state index contributed by atoms with van der Waals surface area (Å²) in [6.07, 6.45) is -4.74. The van der Waals surface area contributed by atoms with Crippen molar-refractivity contribution in [1.82, 2.24) is 5.16 Å². The van der Waals surface area contributed by atoms with E-state index in [1.165, 1.54) is 0 Å². The molecule has 0 aromatic carbocycles. The average Bonchev–Trinajstić information content (AvgIpc) is 2.61. The number of hydrogen-bond acceptors (Lipinski definition) is 4. The lowest BCUT2D eigenvalue weighted by Crippen LogP contribution is -2.11. The van der Waals surface area contributed by atoms with Gasteiger partial charge in [-0.1, -0.05) is 5.16 Å². The number of alkyl halides is 3. The van der Waals surface area contributed by atoms with E-state index in [1.54, 1.807) is 6.92 Å². The van der Waals surface area contributed by atoms with Crippen LogP contribution in [0.1, 0.15) is 29.4 Å². The van der Waals surface area contributed by atoms with Crippen molar-refractivity contribution in [3.05, 3.63) is 17.5 Å². The molecule has 1 aromatic heterocycles. The first-order chi connectivity index (χ1) is 7.44. The number of rotatable bonds is 4. The van der Waals surface area contributed by atoms with Crippen LogP contribution in [0.3, 0.4) is 0 Å². The highest BCUT2D eigenvalue weighted by molar-refractivity contribution is 5.90. The molecule has 0 amide bonds. The quantitative estimate of drug-likeness (QED) is 0.754. The van der Waals surface area contributed by atoms with Crippen LogP contribution < -0.4 is 0 Å². The maximum absolute atomic E-state index is 12.0. The van der Waals surface area contributed by atoms with Crippen LogP contribution in [0.2, 0.25) is 0 Å². The molecular formula is C9H10F3NO3. The fourth-order valence-electron chi connectivity index (χ4n) is 1.08. The zero-order valence-corrected chi connectivity index (χ0v) is 8.50. The standard InChI is InChI=1S/C9H10F3NO3/c1-2-15-8(14)6-5-16-13-7(6)3-4-9(10,11)12/h5H,2-4H2,1H3. The molecular weight excluding hydrogens is 227 g/mol. The number of aryl methyl sites for hydroxylation is 1. The lowest BCUT2D eigenvalue weighted by atomic mass is 10.1. The Hall–Kier alpha value is -1.53. The SMILES string of the molecule is CCOC(=O)c1conc1CCC(F)(F)F. The maximum atomic E-state index is 12.0. The van der Waals surface area contributed by atoms with Gasteiger partial charge in [0.05, 0.1) is 12.3 Å². The van der Waals surface area contributed by atoms with Gasteiger partial charge in [-0.25, -0.2) is 4.79 Å². The summed E-state index contributed by atoms with van der Waals surface area (Å²) < 4.78 is 45.0. The fraction of sp³-hybridized carbons (Fsp3) is 0.556. The van der Waals surface area contributed by atoms with Crippen molar-refractivity contribution in [2.75, 3.05) is 6.61 Å². The van der Waals surface area contributed by atoms with Crippen molar-refractivity contribution in [3.63, 3.8) is 0 Å². The smallest absolute Gasteiger partial charge is 0.389 e. The van der Waals surface area contributed by atoms with Crippen LogP contribution in [-0.2, 0) is 11.2 Å². The van der Waals surface area contributed by atoms with Gasteiger partial charge in [0.2, 0.25) is 0 Å². The second-order valence-electron chi connectivity index (χ2n) is 3.01. The highest BCUT2D eigenvalue weighted by atomic mass is 19.4. The second kappa shape index (κ2) is 5.00. The number of carbonyl (C=O) groups is 1. The molecule has 0 fully saturated rings. The number of halogens is 3. The van der Waals surface area contributed by atoms with Crippen LogP contribution in [0.25, 0.3) is 0 Å². The molecule has 0 spiro atoms. The van der Waals surface area contributed by atoms with Crippen LogP contribution in [0.15, 0.2) is 10.8 Å². The van der Waals surface area contributed by atoms with E-state index in [0.717, 1.165) is 6.26 Å². The third kappa shape index (κ3) is 3.56. The normalized spacial score (nSPS) is 11.5. The van der Waals surface area contributed by atoms with Gasteiger partial charge in [-0.2, -0.15) is 13.2 Å². The first-order valence-electron chi connectivity index (χ1n) is 4.61. The maximum Gasteiger partial charge on any atom is 0.389 e. The number of nitrogens with zero attached hydrogens (tertiary/aromatic N) is 1. The molecule has 0 bridgehead atoms. The summed E-state index contributed by atoms with van der Waals surface area (Å²) in [7, 11) is 0. The third-order valence-electron chi connectivity index (χ3n) is 1.78. The number of ether oxygens (including phenoxy) is 1. The number of esters is 1. The predicted octanol–water partition coefficient (Wildman–Crippen LogP) is 2.35. The highest BCUT2D eigenvalue weighted by Crippen LogP contribution is 2.23. The molecule has 1 heterocycles. The van der Waals surface area contributed by atoms with E-state index in [4.69, 9.17) is 0 Å². The second-order valence-corrected chi connectivity index (χ2v) is 3.01. The fourth-order valence-corrected chi connectivity index (χ4v) is 1.08. The molecule has 0 radical (unpaired) electrons. The van der Waals surface area contributed by atoms with Crippen LogP contribution in [-0.4, -0.2) is 23.9 Å². The van der Waals surface area contributed by atoms with Crippen molar-refractivity contribution in [1.29, 1.82) is 0 Å². The van der Waals surface area contributed by atoms with Crippen molar-refractivity contribution in [2.24, 2.45) is 0 Å². The molecule has 0 unspecified atom stereocenters. The molecule has 90 valence electrons. The van der Waals surface area contributed by atoms with Crippen LogP contribution >= 0.6 is 0 Å². The van der Waals surface area contributed by atoms with E-state index in [2.05, 4.69) is 14.4 Å². The predicted molar refractivity (Wildman–Crippen MR) is 46.8 cm³/mol. The van der Waals surface area contributed by atoms with Crippen LogP contribution in [0, 0.1) is 0 Å². The van der Waals surface area contributed by atoms with E-state index in [-0.39, 0.29) is 17.9 Å². The monoisotopic (exact) mass is 237 g/mol. The van der Waals surface area contributed by atoms with Gasteiger partial charge in [0.1, 0.15) is 11.8 Å².